The Bertz CT molecular complexity index is 1050. The van der Waals surface area contributed by atoms with Crippen molar-refractivity contribution in [3.8, 4) is 11.5 Å². The van der Waals surface area contributed by atoms with Crippen molar-refractivity contribution in [2.75, 3.05) is 7.11 Å². The molecule has 1 amide bonds. The lowest BCUT2D eigenvalue weighted by Crippen LogP contribution is -2.18. The summed E-state index contributed by atoms with van der Waals surface area (Å²) in [6, 6.07) is 20.0. The molecule has 6 nitrogen and oxygen atoms in total. The Balaban J connectivity index is 1.64. The van der Waals surface area contributed by atoms with Gasteiger partial charge in [-0.3, -0.25) is 4.79 Å². The van der Waals surface area contributed by atoms with Crippen LogP contribution in [0.2, 0.25) is 5.02 Å². The molecule has 3 rings (SSSR count). The van der Waals surface area contributed by atoms with Crippen molar-refractivity contribution < 1.29 is 19.1 Å². The lowest BCUT2D eigenvalue weighted by Gasteiger charge is -2.06. The van der Waals surface area contributed by atoms with E-state index in [0.717, 1.165) is 0 Å². The number of amides is 1. The number of carbonyl (C=O) groups excluding carboxylic acids is 2. The molecule has 1 N–H and O–H groups in total. The molecule has 3 aromatic rings. The number of ether oxygens (including phenoxy) is 2. The smallest absolute Gasteiger partial charge is 0.343 e. The first-order valence-electron chi connectivity index (χ1n) is 8.61. The second-order valence-corrected chi connectivity index (χ2v) is 6.30. The summed E-state index contributed by atoms with van der Waals surface area (Å²) in [5.74, 6) is -0.0921. The van der Waals surface area contributed by atoms with Crippen molar-refractivity contribution in [2.24, 2.45) is 5.10 Å². The van der Waals surface area contributed by atoms with E-state index in [-0.39, 0.29) is 0 Å². The van der Waals surface area contributed by atoms with Crippen LogP contribution in [0.3, 0.4) is 0 Å². The molecular formula is C22H17ClN2O4. The van der Waals surface area contributed by atoms with Gasteiger partial charge in [0, 0.05) is 5.02 Å². The van der Waals surface area contributed by atoms with Gasteiger partial charge in [-0.2, -0.15) is 5.10 Å². The summed E-state index contributed by atoms with van der Waals surface area (Å²) < 4.78 is 10.5. The van der Waals surface area contributed by atoms with Crippen LogP contribution in [0.1, 0.15) is 26.3 Å². The number of hydrogen-bond acceptors (Lipinski definition) is 5. The topological polar surface area (TPSA) is 77.0 Å². The van der Waals surface area contributed by atoms with Gasteiger partial charge in [-0.05, 0) is 54.1 Å². The largest absolute Gasteiger partial charge is 0.496 e. The fourth-order valence-corrected chi connectivity index (χ4v) is 2.59. The molecule has 0 fully saturated rings. The third-order valence-corrected chi connectivity index (χ3v) is 4.13. The molecule has 0 heterocycles. The molecule has 0 aromatic heterocycles. The van der Waals surface area contributed by atoms with Crippen LogP contribution in [0.15, 0.2) is 77.9 Å². The van der Waals surface area contributed by atoms with Gasteiger partial charge < -0.3 is 9.47 Å². The zero-order chi connectivity index (χ0) is 20.6. The fourth-order valence-electron chi connectivity index (χ4n) is 2.47. The molecule has 0 aliphatic heterocycles. The van der Waals surface area contributed by atoms with E-state index < -0.39 is 11.9 Å². The van der Waals surface area contributed by atoms with E-state index in [1.165, 1.54) is 13.3 Å². The number of benzene rings is 3. The standard InChI is InChI=1S/C22H17ClN2O4/c1-28-20-8-3-2-7-19(20)21(26)25-24-14-15-5-4-6-18(13-15)29-22(27)16-9-11-17(23)12-10-16/h2-14H,1H3,(H,25,26). The van der Waals surface area contributed by atoms with Gasteiger partial charge in [-0.15, -0.1) is 0 Å². The maximum Gasteiger partial charge on any atom is 0.343 e. The summed E-state index contributed by atoms with van der Waals surface area (Å²) in [5, 5.41) is 4.48. The van der Waals surface area contributed by atoms with Crippen LogP contribution in [0.4, 0.5) is 0 Å². The molecule has 7 heteroatoms. The Labute approximate surface area is 172 Å². The lowest BCUT2D eigenvalue weighted by molar-refractivity contribution is 0.0734. The average Bonchev–Trinajstić information content (AvgIpc) is 2.74. The van der Waals surface area contributed by atoms with E-state index in [2.05, 4.69) is 10.5 Å². The molecule has 29 heavy (non-hydrogen) atoms. The van der Waals surface area contributed by atoms with E-state index in [1.807, 2.05) is 0 Å². The minimum atomic E-state index is -0.500. The number of carbonyl (C=O) groups is 2. The average molecular weight is 409 g/mol. The van der Waals surface area contributed by atoms with Gasteiger partial charge in [0.1, 0.15) is 11.5 Å². The number of hydrazone groups is 1. The highest BCUT2D eigenvalue weighted by Gasteiger charge is 2.10. The van der Waals surface area contributed by atoms with Crippen molar-refractivity contribution in [2.45, 2.75) is 0 Å². The van der Waals surface area contributed by atoms with Gasteiger partial charge >= 0.3 is 5.97 Å². The Morgan fingerprint density at radius 1 is 1.00 bits per heavy atom. The third-order valence-electron chi connectivity index (χ3n) is 3.88. The maximum absolute atomic E-state index is 12.2. The van der Waals surface area contributed by atoms with Crippen LogP contribution in [0, 0.1) is 0 Å². The molecule has 0 atom stereocenters. The van der Waals surface area contributed by atoms with Gasteiger partial charge in [0.25, 0.3) is 5.91 Å². The number of hydrogen-bond donors (Lipinski definition) is 1. The Morgan fingerprint density at radius 3 is 2.52 bits per heavy atom. The number of rotatable bonds is 6. The summed E-state index contributed by atoms with van der Waals surface area (Å²) in [4.78, 5) is 24.4. The second kappa shape index (κ2) is 9.52. The first kappa shape index (κ1) is 20.1. The van der Waals surface area contributed by atoms with Crippen LogP contribution in [0.5, 0.6) is 11.5 Å². The van der Waals surface area contributed by atoms with E-state index in [9.17, 15) is 9.59 Å². The molecule has 0 saturated carbocycles. The number of nitrogens with one attached hydrogen (secondary N) is 1. The summed E-state index contributed by atoms with van der Waals surface area (Å²) in [7, 11) is 1.49. The van der Waals surface area contributed by atoms with Gasteiger partial charge in [0.15, 0.2) is 0 Å². The quantitative estimate of drug-likeness (QED) is 0.285. The molecule has 146 valence electrons. The van der Waals surface area contributed by atoms with Crippen molar-refractivity contribution in [1.82, 2.24) is 5.43 Å². The molecule has 0 bridgehead atoms. The van der Waals surface area contributed by atoms with E-state index in [4.69, 9.17) is 21.1 Å². The SMILES string of the molecule is COc1ccccc1C(=O)NN=Cc1cccc(OC(=O)c2ccc(Cl)cc2)c1. The Hall–Kier alpha value is -3.64. The Morgan fingerprint density at radius 2 is 1.76 bits per heavy atom. The monoisotopic (exact) mass is 408 g/mol. The summed E-state index contributed by atoms with van der Waals surface area (Å²) in [6.45, 7) is 0. The van der Waals surface area contributed by atoms with Crippen molar-refractivity contribution in [3.63, 3.8) is 0 Å². The van der Waals surface area contributed by atoms with Gasteiger partial charge in [0.05, 0.1) is 24.5 Å². The van der Waals surface area contributed by atoms with Gasteiger partial charge in [-0.1, -0.05) is 35.9 Å². The third kappa shape index (κ3) is 5.43. The zero-order valence-corrected chi connectivity index (χ0v) is 16.2. The number of halogens is 1. The molecular weight excluding hydrogens is 392 g/mol. The first-order valence-corrected chi connectivity index (χ1v) is 8.99. The van der Waals surface area contributed by atoms with Crippen molar-refractivity contribution >= 4 is 29.7 Å². The predicted molar refractivity (Wildman–Crippen MR) is 111 cm³/mol. The van der Waals surface area contributed by atoms with E-state index in [0.29, 0.717) is 33.2 Å². The molecule has 0 aliphatic rings. The molecule has 3 aromatic carbocycles. The minimum Gasteiger partial charge on any atom is -0.496 e. The molecule has 0 unspecified atom stereocenters. The molecule has 0 radical (unpaired) electrons. The normalized spacial score (nSPS) is 10.6. The van der Waals surface area contributed by atoms with E-state index >= 15 is 0 Å². The highest BCUT2D eigenvalue weighted by Crippen LogP contribution is 2.17. The minimum absolute atomic E-state index is 0.352. The molecule has 0 aliphatic carbocycles. The second-order valence-electron chi connectivity index (χ2n) is 5.87. The van der Waals surface area contributed by atoms with Crippen molar-refractivity contribution in [1.29, 1.82) is 0 Å². The fraction of sp³-hybridized carbons (Fsp3) is 0.0455. The molecule has 0 saturated heterocycles. The summed E-state index contributed by atoms with van der Waals surface area (Å²) in [5.41, 5.74) is 3.85. The van der Waals surface area contributed by atoms with Crippen LogP contribution in [-0.4, -0.2) is 25.2 Å². The Kier molecular flexibility index (Phi) is 6.60. The van der Waals surface area contributed by atoms with Gasteiger partial charge in [0.2, 0.25) is 0 Å². The summed E-state index contributed by atoms with van der Waals surface area (Å²) in [6.07, 6.45) is 1.45. The summed E-state index contributed by atoms with van der Waals surface area (Å²) >= 11 is 5.82. The number of esters is 1. The highest BCUT2D eigenvalue weighted by atomic mass is 35.5. The highest BCUT2D eigenvalue weighted by molar-refractivity contribution is 6.30. The lowest BCUT2D eigenvalue weighted by atomic mass is 10.2. The van der Waals surface area contributed by atoms with Crippen LogP contribution < -0.4 is 14.9 Å². The van der Waals surface area contributed by atoms with Crippen LogP contribution in [0.25, 0.3) is 0 Å². The number of para-hydroxylation sites is 1. The van der Waals surface area contributed by atoms with Gasteiger partial charge in [-0.25, -0.2) is 10.2 Å². The molecule has 0 spiro atoms. The van der Waals surface area contributed by atoms with Crippen LogP contribution in [-0.2, 0) is 0 Å². The van der Waals surface area contributed by atoms with Crippen molar-refractivity contribution in [3.05, 3.63) is 94.5 Å². The van der Waals surface area contributed by atoms with Crippen LogP contribution >= 0.6 is 11.6 Å². The van der Waals surface area contributed by atoms with E-state index in [1.54, 1.807) is 72.8 Å². The first-order chi connectivity index (χ1) is 14.1. The zero-order valence-electron chi connectivity index (χ0n) is 15.5. The number of nitrogens with zero attached hydrogens (tertiary/aromatic N) is 1. The predicted octanol–water partition coefficient (Wildman–Crippen LogP) is 4.33. The number of methoxy groups -OCH3 is 1. The maximum atomic E-state index is 12.2.